The van der Waals surface area contributed by atoms with Gasteiger partial charge in [-0.05, 0) is 16.5 Å². The average Bonchev–Trinajstić information content (AvgIpc) is 2.30. The van der Waals surface area contributed by atoms with Gasteiger partial charge in [-0.15, -0.1) is 0 Å². The number of alkyl halides is 4. The number of ether oxygens (including phenoxy) is 1. The van der Waals surface area contributed by atoms with E-state index in [2.05, 4.69) is 13.3 Å². The molecule has 1 aromatic carbocycles. The van der Waals surface area contributed by atoms with Gasteiger partial charge in [0.05, 0.1) is 0 Å². The van der Waals surface area contributed by atoms with E-state index < -0.39 is 34.3 Å². The summed E-state index contributed by atoms with van der Waals surface area (Å²) in [4.78, 5) is 9.81. The lowest BCUT2D eigenvalue weighted by Gasteiger charge is -2.18. The number of hydrogen-bond donors (Lipinski definition) is 0. The number of halogens is 4. The van der Waals surface area contributed by atoms with Crippen LogP contribution in [0.5, 0.6) is 11.5 Å². The summed E-state index contributed by atoms with van der Waals surface area (Å²) in [5, 5.41) is 0. The van der Waals surface area contributed by atoms with Crippen LogP contribution in [0, 0.1) is 0 Å². The molecule has 20 heavy (non-hydrogen) atoms. The monoisotopic (exact) mass is 315 g/mol. The summed E-state index contributed by atoms with van der Waals surface area (Å²) in [6.45, 7) is 0. The molecule has 0 saturated carbocycles. The largest absolute Gasteiger partial charge is 0.461 e. The number of nitrogens with zero attached hydrogens (tertiary/aromatic N) is 1. The Hall–Kier alpha value is -2.13. The van der Waals surface area contributed by atoms with Gasteiger partial charge in [-0.3, -0.25) is 0 Å². The van der Waals surface area contributed by atoms with Crippen LogP contribution in [0.15, 0.2) is 28.7 Å². The van der Waals surface area contributed by atoms with Gasteiger partial charge in [0.25, 0.3) is 6.08 Å². The van der Waals surface area contributed by atoms with Crippen molar-refractivity contribution in [3.63, 3.8) is 0 Å². The number of para-hydroxylation sites is 2. The van der Waals surface area contributed by atoms with Crippen molar-refractivity contribution in [3.05, 3.63) is 24.3 Å². The van der Waals surface area contributed by atoms with E-state index in [0.717, 1.165) is 24.3 Å². The minimum absolute atomic E-state index is 0.667. The van der Waals surface area contributed by atoms with Crippen LogP contribution in [0.1, 0.15) is 0 Å². The van der Waals surface area contributed by atoms with Gasteiger partial charge in [-0.2, -0.15) is 26.0 Å². The van der Waals surface area contributed by atoms with Crippen molar-refractivity contribution in [1.82, 2.24) is 0 Å². The molecule has 0 aliphatic rings. The van der Waals surface area contributed by atoms with Crippen molar-refractivity contribution in [2.24, 2.45) is 4.40 Å². The van der Waals surface area contributed by atoms with Crippen LogP contribution in [0.25, 0.3) is 0 Å². The van der Waals surface area contributed by atoms with Gasteiger partial charge in [-0.25, -0.2) is 4.79 Å². The molecule has 0 heterocycles. The fraction of sp³-hybridized carbons (Fsp3) is 0.222. The molecule has 0 amide bonds. The lowest BCUT2D eigenvalue weighted by Crippen LogP contribution is -2.33. The van der Waals surface area contributed by atoms with Gasteiger partial charge in [0.1, 0.15) is 0 Å². The molecule has 0 fully saturated rings. The highest BCUT2D eigenvalue weighted by atomic mass is 32.2. The standard InChI is InChI=1S/C9H5F4NO5S/c10-8(11)9(12,13)18-6-3-1-2-4-7(6)19-20(16,17)14-5-15/h1-4,8H. The van der Waals surface area contributed by atoms with E-state index in [1.807, 2.05) is 0 Å². The van der Waals surface area contributed by atoms with Crippen molar-refractivity contribution in [2.45, 2.75) is 12.5 Å². The fourth-order valence-electron chi connectivity index (χ4n) is 0.972. The third-order valence-corrected chi connectivity index (χ3v) is 2.38. The van der Waals surface area contributed by atoms with E-state index in [-0.39, 0.29) is 0 Å². The lowest BCUT2D eigenvalue weighted by molar-refractivity contribution is -0.253. The Bertz CT molecular complexity index is 627. The van der Waals surface area contributed by atoms with E-state index in [4.69, 9.17) is 0 Å². The molecule has 0 bridgehead atoms. The zero-order chi connectivity index (χ0) is 15.4. The van der Waals surface area contributed by atoms with Crippen LogP contribution >= 0.6 is 0 Å². The first-order valence-corrected chi connectivity index (χ1v) is 6.02. The van der Waals surface area contributed by atoms with Crippen LogP contribution in [0.2, 0.25) is 0 Å². The highest BCUT2D eigenvalue weighted by molar-refractivity contribution is 7.85. The summed E-state index contributed by atoms with van der Waals surface area (Å²) >= 11 is 0. The number of carbonyl (C=O) groups excluding carboxylic acids is 1. The lowest BCUT2D eigenvalue weighted by atomic mass is 10.3. The first-order chi connectivity index (χ1) is 9.18. The zero-order valence-corrected chi connectivity index (χ0v) is 10.1. The minimum Gasteiger partial charge on any atom is -0.424 e. The highest BCUT2D eigenvalue weighted by Gasteiger charge is 2.44. The van der Waals surface area contributed by atoms with Crippen molar-refractivity contribution in [2.75, 3.05) is 0 Å². The Morgan fingerprint density at radius 3 is 2.25 bits per heavy atom. The third kappa shape index (κ3) is 4.21. The number of hydrogen-bond acceptors (Lipinski definition) is 5. The summed E-state index contributed by atoms with van der Waals surface area (Å²) in [7, 11) is -4.79. The zero-order valence-electron chi connectivity index (χ0n) is 9.30. The van der Waals surface area contributed by atoms with Crippen molar-refractivity contribution < 1.29 is 39.7 Å². The first kappa shape index (κ1) is 15.9. The highest BCUT2D eigenvalue weighted by Crippen LogP contribution is 2.34. The smallest absolute Gasteiger partial charge is 0.424 e. The van der Waals surface area contributed by atoms with E-state index in [0.29, 0.717) is 6.08 Å². The van der Waals surface area contributed by atoms with Gasteiger partial charge < -0.3 is 8.92 Å². The Labute approximate surface area is 109 Å². The summed E-state index contributed by atoms with van der Waals surface area (Å²) in [6, 6.07) is 3.88. The molecule has 0 atom stereocenters. The maximum absolute atomic E-state index is 12.7. The molecule has 11 heteroatoms. The molecule has 0 aliphatic heterocycles. The molecule has 1 aromatic rings. The van der Waals surface area contributed by atoms with E-state index >= 15 is 0 Å². The van der Waals surface area contributed by atoms with Gasteiger partial charge in [0.2, 0.25) is 0 Å². The van der Waals surface area contributed by atoms with Gasteiger partial charge in [0, 0.05) is 0 Å². The van der Waals surface area contributed by atoms with Crippen LogP contribution in [0.3, 0.4) is 0 Å². The average molecular weight is 315 g/mol. The normalized spacial score (nSPS) is 11.8. The van der Waals surface area contributed by atoms with Crippen molar-refractivity contribution in [1.29, 1.82) is 0 Å². The summed E-state index contributed by atoms with van der Waals surface area (Å²) < 4.78 is 81.6. The number of benzene rings is 1. The van der Waals surface area contributed by atoms with Gasteiger partial charge >= 0.3 is 22.8 Å². The minimum atomic E-state index is -4.85. The molecule has 6 nitrogen and oxygen atoms in total. The maximum atomic E-state index is 12.7. The molecule has 1 rings (SSSR count). The maximum Gasteiger partial charge on any atom is 0.461 e. The Morgan fingerprint density at radius 2 is 1.75 bits per heavy atom. The second kappa shape index (κ2) is 5.88. The van der Waals surface area contributed by atoms with E-state index in [1.54, 1.807) is 0 Å². The summed E-state index contributed by atoms with van der Waals surface area (Å²) in [6.07, 6.45) is -8.32. The van der Waals surface area contributed by atoms with E-state index in [1.165, 1.54) is 0 Å². The SMILES string of the molecule is O=C=NS(=O)(=O)Oc1ccccc1OC(F)(F)C(F)F. The molecule has 0 radical (unpaired) electrons. The number of rotatable bonds is 6. The molecular weight excluding hydrogens is 310 g/mol. The van der Waals surface area contributed by atoms with Crippen LogP contribution < -0.4 is 8.92 Å². The Balaban J connectivity index is 3.09. The molecular formula is C9H5F4NO5S. The topological polar surface area (TPSA) is 82.0 Å². The quantitative estimate of drug-likeness (QED) is 0.455. The van der Waals surface area contributed by atoms with Crippen LogP contribution in [-0.2, 0) is 15.1 Å². The van der Waals surface area contributed by atoms with Crippen molar-refractivity contribution in [3.8, 4) is 11.5 Å². The molecule has 0 spiro atoms. The molecule has 0 N–H and O–H groups in total. The number of isocyanates is 1. The van der Waals surface area contributed by atoms with Gasteiger partial charge in [-0.1, -0.05) is 12.1 Å². The van der Waals surface area contributed by atoms with Crippen LogP contribution in [-0.4, -0.2) is 27.0 Å². The second-order valence-electron chi connectivity index (χ2n) is 3.10. The Morgan fingerprint density at radius 1 is 1.20 bits per heavy atom. The predicted octanol–water partition coefficient (Wildman–Crippen LogP) is 1.88. The van der Waals surface area contributed by atoms with Gasteiger partial charge in [0.15, 0.2) is 11.5 Å². The predicted molar refractivity (Wildman–Crippen MR) is 55.7 cm³/mol. The summed E-state index contributed by atoms with van der Waals surface area (Å²) in [5.41, 5.74) is 0. The fourth-order valence-corrected chi connectivity index (χ4v) is 1.47. The summed E-state index contributed by atoms with van der Waals surface area (Å²) in [5.74, 6) is -1.81. The van der Waals surface area contributed by atoms with E-state index in [9.17, 15) is 30.8 Å². The molecule has 110 valence electrons. The van der Waals surface area contributed by atoms with Crippen LogP contribution in [0.4, 0.5) is 17.6 Å². The third-order valence-electron chi connectivity index (χ3n) is 1.69. The Kier molecular flexibility index (Phi) is 4.69. The molecule has 0 unspecified atom stereocenters. The first-order valence-electron chi connectivity index (χ1n) is 4.65. The molecule has 0 aliphatic carbocycles. The molecule has 0 saturated heterocycles. The molecule has 0 aromatic heterocycles. The second-order valence-corrected chi connectivity index (χ2v) is 4.31. The van der Waals surface area contributed by atoms with Crippen molar-refractivity contribution >= 4 is 16.4 Å².